The lowest BCUT2D eigenvalue weighted by Gasteiger charge is -2.58. The van der Waals surface area contributed by atoms with E-state index in [4.69, 9.17) is 18.9 Å². The quantitative estimate of drug-likeness (QED) is 0.153. The molecule has 2 saturated heterocycles. The van der Waals surface area contributed by atoms with Gasteiger partial charge in [0, 0.05) is 0 Å². The van der Waals surface area contributed by atoms with Crippen molar-refractivity contribution < 1.29 is 59.8 Å². The molecule has 8 N–H and O–H groups in total. The highest BCUT2D eigenvalue weighted by Gasteiger charge is 2.63. The second-order valence-corrected chi connectivity index (χ2v) is 18.0. The molecule has 12 heteroatoms. The van der Waals surface area contributed by atoms with Gasteiger partial charge in [0.05, 0.1) is 31.0 Å². The van der Waals surface area contributed by atoms with Crippen LogP contribution in [0.25, 0.3) is 0 Å². The third-order valence-corrected chi connectivity index (χ3v) is 14.7. The van der Waals surface area contributed by atoms with E-state index in [1.165, 1.54) is 5.57 Å². The first kappa shape index (κ1) is 39.9. The number of rotatable bonds is 10. The normalized spacial score (nSPS) is 51.3. The zero-order valence-electron chi connectivity index (χ0n) is 31.3. The van der Waals surface area contributed by atoms with E-state index in [0.29, 0.717) is 36.5 Å². The standard InChI is InChI=1S/C39H66O12/c1-18(2)7-10-26(41)19(3)29-27(50-36-34(46)32(44)30(42)20(4)48-36)16-25-23-9-8-21-15-22(11-13-38(21,5)24(23)12-14-39(25,29)6)49-37-35(47)33(45)31(43)28(17-40)51-37/h8,18-20,22-37,40-47H,7,9-17H2,1-6H3/t19-,20+,22+,23-,24+,25+,26+,27+,28-,29+,30+,31-,32-,33+,34-,35-,36+,37-,38+,39+/m1/s1. The Bertz CT molecular complexity index is 1210. The van der Waals surface area contributed by atoms with E-state index in [1.807, 2.05) is 0 Å². The highest BCUT2D eigenvalue weighted by Crippen LogP contribution is 2.68. The van der Waals surface area contributed by atoms with Crippen molar-refractivity contribution in [2.24, 2.45) is 46.3 Å². The molecule has 294 valence electrons. The molecule has 4 aliphatic carbocycles. The molecule has 2 aliphatic heterocycles. The number of hydrogen-bond acceptors (Lipinski definition) is 12. The molecule has 0 spiro atoms. The van der Waals surface area contributed by atoms with Crippen molar-refractivity contribution in [1.82, 2.24) is 0 Å². The summed E-state index contributed by atoms with van der Waals surface area (Å²) in [6.45, 7) is 12.4. The average Bonchev–Trinajstić information content (AvgIpc) is 3.39. The lowest BCUT2D eigenvalue weighted by molar-refractivity contribution is -0.313. The van der Waals surface area contributed by atoms with E-state index in [2.05, 4.69) is 40.7 Å². The summed E-state index contributed by atoms with van der Waals surface area (Å²) in [5, 5.41) is 84.2. The largest absolute Gasteiger partial charge is 0.394 e. The Morgan fingerprint density at radius 1 is 0.824 bits per heavy atom. The summed E-state index contributed by atoms with van der Waals surface area (Å²) in [7, 11) is 0. The number of allylic oxidation sites excluding steroid dienone is 1. The molecule has 6 aliphatic rings. The van der Waals surface area contributed by atoms with Gasteiger partial charge in [-0.25, -0.2) is 0 Å². The summed E-state index contributed by atoms with van der Waals surface area (Å²) >= 11 is 0. The van der Waals surface area contributed by atoms with E-state index < -0.39 is 74.1 Å². The van der Waals surface area contributed by atoms with Gasteiger partial charge in [-0.3, -0.25) is 0 Å². The molecule has 0 radical (unpaired) electrons. The van der Waals surface area contributed by atoms with Crippen LogP contribution < -0.4 is 0 Å². The van der Waals surface area contributed by atoms with Gasteiger partial charge in [-0.05, 0) is 111 Å². The van der Waals surface area contributed by atoms with Gasteiger partial charge in [0.25, 0.3) is 0 Å². The van der Waals surface area contributed by atoms with Crippen molar-refractivity contribution in [3.05, 3.63) is 11.6 Å². The Labute approximate surface area is 303 Å². The smallest absolute Gasteiger partial charge is 0.186 e. The highest BCUT2D eigenvalue weighted by molar-refractivity contribution is 5.26. The first-order valence-electron chi connectivity index (χ1n) is 19.7. The molecule has 0 aromatic heterocycles. The highest BCUT2D eigenvalue weighted by atomic mass is 16.7. The number of ether oxygens (including phenoxy) is 4. The van der Waals surface area contributed by atoms with Crippen molar-refractivity contribution in [1.29, 1.82) is 0 Å². The summed E-state index contributed by atoms with van der Waals surface area (Å²) < 4.78 is 24.5. The van der Waals surface area contributed by atoms with Gasteiger partial charge in [0.2, 0.25) is 0 Å². The maximum Gasteiger partial charge on any atom is 0.186 e. The van der Waals surface area contributed by atoms with Crippen LogP contribution in [0, 0.1) is 46.3 Å². The summed E-state index contributed by atoms with van der Waals surface area (Å²) in [6.07, 6.45) is -3.32. The molecule has 51 heavy (non-hydrogen) atoms. The third kappa shape index (κ3) is 7.24. The Kier molecular flexibility index (Phi) is 12.1. The van der Waals surface area contributed by atoms with Crippen LogP contribution in [0.5, 0.6) is 0 Å². The predicted molar refractivity (Wildman–Crippen MR) is 186 cm³/mol. The van der Waals surface area contributed by atoms with Crippen LogP contribution >= 0.6 is 0 Å². The predicted octanol–water partition coefficient (Wildman–Crippen LogP) is 2.01. The number of hydrogen-bond donors (Lipinski definition) is 8. The monoisotopic (exact) mass is 726 g/mol. The van der Waals surface area contributed by atoms with Gasteiger partial charge in [0.15, 0.2) is 12.6 Å². The first-order valence-corrected chi connectivity index (χ1v) is 19.7. The fourth-order valence-electron chi connectivity index (χ4n) is 11.5. The minimum atomic E-state index is -1.48. The maximum atomic E-state index is 11.6. The lowest BCUT2D eigenvalue weighted by atomic mass is 9.47. The summed E-state index contributed by atoms with van der Waals surface area (Å²) in [5.41, 5.74) is 1.17. The van der Waals surface area contributed by atoms with Gasteiger partial charge in [-0.1, -0.05) is 46.3 Å². The lowest BCUT2D eigenvalue weighted by Crippen LogP contribution is -2.60. The molecule has 6 rings (SSSR count). The minimum Gasteiger partial charge on any atom is -0.394 e. The van der Waals surface area contributed by atoms with Crippen LogP contribution in [-0.4, -0.2) is 127 Å². The fraction of sp³-hybridized carbons (Fsp3) is 0.949. The molecule has 2 heterocycles. The van der Waals surface area contributed by atoms with Gasteiger partial charge in [-0.2, -0.15) is 0 Å². The van der Waals surface area contributed by atoms with Crippen molar-refractivity contribution in [3.63, 3.8) is 0 Å². The van der Waals surface area contributed by atoms with Crippen LogP contribution in [0.15, 0.2) is 11.6 Å². The van der Waals surface area contributed by atoms with Crippen LogP contribution in [0.2, 0.25) is 0 Å². The number of aliphatic hydroxyl groups is 8. The zero-order valence-corrected chi connectivity index (χ0v) is 31.3. The van der Waals surface area contributed by atoms with Gasteiger partial charge < -0.3 is 59.8 Å². The van der Waals surface area contributed by atoms with Crippen LogP contribution in [0.3, 0.4) is 0 Å². The second-order valence-electron chi connectivity index (χ2n) is 18.0. The molecule has 20 atom stereocenters. The number of fused-ring (bicyclic) bond motifs is 5. The minimum absolute atomic E-state index is 0.00145. The van der Waals surface area contributed by atoms with Crippen molar-refractivity contribution in [2.45, 2.75) is 179 Å². The Morgan fingerprint density at radius 3 is 2.16 bits per heavy atom. The van der Waals surface area contributed by atoms with Crippen molar-refractivity contribution in [3.8, 4) is 0 Å². The van der Waals surface area contributed by atoms with Gasteiger partial charge >= 0.3 is 0 Å². The summed E-state index contributed by atoms with van der Waals surface area (Å²) in [6, 6.07) is 0. The van der Waals surface area contributed by atoms with Gasteiger partial charge in [-0.15, -0.1) is 0 Å². The summed E-state index contributed by atoms with van der Waals surface area (Å²) in [4.78, 5) is 0. The molecular formula is C39H66O12. The molecule has 12 nitrogen and oxygen atoms in total. The molecule has 0 unspecified atom stereocenters. The molecule has 0 aromatic rings. The Morgan fingerprint density at radius 2 is 1.49 bits per heavy atom. The van der Waals surface area contributed by atoms with Crippen molar-refractivity contribution in [2.75, 3.05) is 6.61 Å². The molecule has 0 bridgehead atoms. The van der Waals surface area contributed by atoms with E-state index in [0.717, 1.165) is 44.9 Å². The van der Waals surface area contributed by atoms with E-state index >= 15 is 0 Å². The van der Waals surface area contributed by atoms with Crippen molar-refractivity contribution >= 4 is 0 Å². The molecule has 0 amide bonds. The Balaban J connectivity index is 1.22. The SMILES string of the molecule is CC(C)CC[C@H](O)[C@@H](C)[C@H]1[C@@H](O[C@@H]2O[C@@H](C)[C@H](O)[C@@H](O)[C@H]2O)C[C@H]2[C@@H]3CC=C4C[C@@H](O[C@@H]5O[C@H](CO)[C@@H](O)[C@H](O)[C@H]5O)CC[C@]4(C)[C@H]3CC[C@]12C. The molecule has 5 fully saturated rings. The fourth-order valence-corrected chi connectivity index (χ4v) is 11.5. The average molecular weight is 727 g/mol. The van der Waals surface area contributed by atoms with Crippen LogP contribution in [0.4, 0.5) is 0 Å². The molecule has 3 saturated carbocycles. The number of aliphatic hydroxyl groups excluding tert-OH is 8. The van der Waals surface area contributed by atoms with Crippen LogP contribution in [-0.2, 0) is 18.9 Å². The second kappa shape index (κ2) is 15.4. The molecule has 0 aromatic carbocycles. The zero-order chi connectivity index (χ0) is 37.2. The Hall–Kier alpha value is -0.740. The topological polar surface area (TPSA) is 199 Å². The molecular weight excluding hydrogens is 660 g/mol. The van der Waals surface area contributed by atoms with Crippen LogP contribution in [0.1, 0.15) is 99.3 Å². The first-order chi connectivity index (χ1) is 24.0. The van der Waals surface area contributed by atoms with E-state index in [-0.39, 0.29) is 34.9 Å². The summed E-state index contributed by atoms with van der Waals surface area (Å²) in [5.74, 6) is 1.54. The van der Waals surface area contributed by atoms with Gasteiger partial charge in [0.1, 0.15) is 42.7 Å². The van der Waals surface area contributed by atoms with E-state index in [9.17, 15) is 40.9 Å². The third-order valence-electron chi connectivity index (χ3n) is 14.7. The van der Waals surface area contributed by atoms with E-state index in [1.54, 1.807) is 6.92 Å². The maximum absolute atomic E-state index is 11.6.